The van der Waals surface area contributed by atoms with Crippen LogP contribution in [0.5, 0.6) is 0 Å². The fraction of sp³-hybridized carbons (Fsp3) is 0.176. The number of aromatic nitrogens is 4. The van der Waals surface area contributed by atoms with Gasteiger partial charge in [-0.1, -0.05) is 18.2 Å². The first-order valence-corrected chi connectivity index (χ1v) is 7.04. The van der Waals surface area contributed by atoms with E-state index in [-0.39, 0.29) is 0 Å². The van der Waals surface area contributed by atoms with Gasteiger partial charge in [0, 0.05) is 17.0 Å². The number of rotatable bonds is 1. The minimum absolute atomic E-state index is 1.05. The molecule has 4 rings (SSSR count). The molecule has 4 nitrogen and oxygen atoms in total. The number of aryl methyl sites for hydroxylation is 3. The Kier molecular flexibility index (Phi) is 2.42. The van der Waals surface area contributed by atoms with Gasteiger partial charge in [0.2, 0.25) is 0 Å². The molecule has 4 aromatic rings. The van der Waals surface area contributed by atoms with E-state index in [4.69, 9.17) is 0 Å². The largest absolute Gasteiger partial charge is 0.369 e. The average Bonchev–Trinajstić information content (AvgIpc) is 2.98. The molecule has 1 aromatic carbocycles. The summed E-state index contributed by atoms with van der Waals surface area (Å²) in [5.41, 5.74) is 3.43. The zero-order valence-electron chi connectivity index (χ0n) is 12.4. The monoisotopic (exact) mass is 277 g/mol. The molecular weight excluding hydrogens is 260 g/mol. The van der Waals surface area contributed by atoms with Crippen molar-refractivity contribution in [1.82, 2.24) is 14.1 Å². The van der Waals surface area contributed by atoms with Gasteiger partial charge in [0.05, 0.1) is 32.2 Å². The standard InChI is InChI=1S/C17H17N4/c1-12-16-14(8-9-18-12)13-6-4-5-7-15(13)21(16)17-19(2)10-11-20(17)3/h4-11H,1-3H3/q+1. The molecule has 3 heterocycles. The molecule has 0 atom stereocenters. The van der Waals surface area contributed by atoms with Gasteiger partial charge in [-0.05, 0) is 19.1 Å². The van der Waals surface area contributed by atoms with E-state index in [1.54, 1.807) is 0 Å². The lowest BCUT2D eigenvalue weighted by Crippen LogP contribution is -2.32. The molecule has 0 N–H and O–H groups in total. The highest BCUT2D eigenvalue weighted by atomic mass is 15.3. The van der Waals surface area contributed by atoms with E-state index >= 15 is 0 Å². The second-order valence-corrected chi connectivity index (χ2v) is 5.47. The minimum Gasteiger partial charge on any atom is -0.258 e. The molecule has 0 spiro atoms. The third-order valence-corrected chi connectivity index (χ3v) is 4.11. The average molecular weight is 277 g/mol. The van der Waals surface area contributed by atoms with Crippen molar-refractivity contribution < 1.29 is 4.57 Å². The lowest BCUT2D eigenvalue weighted by atomic mass is 10.2. The Morgan fingerprint density at radius 2 is 1.90 bits per heavy atom. The molecule has 3 aromatic heterocycles. The van der Waals surface area contributed by atoms with Crippen molar-refractivity contribution in [2.75, 3.05) is 0 Å². The summed E-state index contributed by atoms with van der Waals surface area (Å²) >= 11 is 0. The van der Waals surface area contributed by atoms with Crippen LogP contribution in [-0.4, -0.2) is 14.1 Å². The molecule has 0 saturated heterocycles. The van der Waals surface area contributed by atoms with E-state index in [2.05, 4.69) is 82.4 Å². The lowest BCUT2D eigenvalue weighted by Gasteiger charge is -2.03. The molecule has 0 fully saturated rings. The zero-order valence-corrected chi connectivity index (χ0v) is 12.4. The van der Waals surface area contributed by atoms with Crippen molar-refractivity contribution in [2.24, 2.45) is 14.1 Å². The van der Waals surface area contributed by atoms with Crippen molar-refractivity contribution in [3.05, 3.63) is 54.6 Å². The van der Waals surface area contributed by atoms with Crippen molar-refractivity contribution in [1.29, 1.82) is 0 Å². The number of hydrogen-bond donors (Lipinski definition) is 0. The minimum atomic E-state index is 1.05. The quantitative estimate of drug-likeness (QED) is 0.491. The Balaban J connectivity index is 2.31. The van der Waals surface area contributed by atoms with E-state index in [1.807, 2.05) is 6.20 Å². The summed E-state index contributed by atoms with van der Waals surface area (Å²) in [4.78, 5) is 4.49. The molecule has 0 amide bonds. The fourth-order valence-corrected chi connectivity index (χ4v) is 3.18. The Labute approximate surface area is 122 Å². The number of fused-ring (bicyclic) bond motifs is 3. The lowest BCUT2D eigenvalue weighted by molar-refractivity contribution is -0.664. The van der Waals surface area contributed by atoms with E-state index in [9.17, 15) is 0 Å². The summed E-state index contributed by atoms with van der Waals surface area (Å²) in [6.45, 7) is 2.07. The number of para-hydroxylation sites is 1. The highest BCUT2D eigenvalue weighted by molar-refractivity contribution is 6.09. The van der Waals surface area contributed by atoms with Crippen LogP contribution < -0.4 is 4.57 Å². The molecule has 4 heteroatoms. The topological polar surface area (TPSA) is 26.6 Å². The smallest absolute Gasteiger partial charge is 0.258 e. The van der Waals surface area contributed by atoms with Gasteiger partial charge in [-0.2, -0.15) is 4.57 Å². The van der Waals surface area contributed by atoms with Crippen LogP contribution in [0.3, 0.4) is 0 Å². The van der Waals surface area contributed by atoms with E-state index in [1.165, 1.54) is 21.8 Å². The fourth-order valence-electron chi connectivity index (χ4n) is 3.18. The molecule has 104 valence electrons. The van der Waals surface area contributed by atoms with Gasteiger partial charge in [-0.3, -0.25) is 4.98 Å². The van der Waals surface area contributed by atoms with E-state index < -0.39 is 0 Å². The van der Waals surface area contributed by atoms with Gasteiger partial charge in [-0.15, -0.1) is 0 Å². The molecule has 0 radical (unpaired) electrons. The molecule has 0 aliphatic carbocycles. The van der Waals surface area contributed by atoms with Crippen LogP contribution in [0, 0.1) is 6.92 Å². The third kappa shape index (κ3) is 1.56. The summed E-state index contributed by atoms with van der Waals surface area (Å²) < 4.78 is 6.57. The SMILES string of the molecule is Cc1nccc2c3ccccc3n(-c3n(C)cc[n+]3C)c12. The third-order valence-electron chi connectivity index (χ3n) is 4.11. The van der Waals surface area contributed by atoms with Crippen molar-refractivity contribution >= 4 is 21.8 Å². The Hall–Kier alpha value is -2.62. The van der Waals surface area contributed by atoms with Crippen LogP contribution in [0.1, 0.15) is 5.69 Å². The van der Waals surface area contributed by atoms with E-state index in [0.717, 1.165) is 11.6 Å². The summed E-state index contributed by atoms with van der Waals surface area (Å²) in [5.74, 6) is 1.12. The normalized spacial score (nSPS) is 11.6. The van der Waals surface area contributed by atoms with Crippen molar-refractivity contribution in [3.8, 4) is 5.95 Å². The first-order valence-electron chi connectivity index (χ1n) is 7.04. The molecule has 0 saturated carbocycles. The van der Waals surface area contributed by atoms with Gasteiger partial charge in [-0.25, -0.2) is 9.13 Å². The molecule has 0 bridgehead atoms. The first kappa shape index (κ1) is 12.1. The van der Waals surface area contributed by atoms with Crippen molar-refractivity contribution in [3.63, 3.8) is 0 Å². The van der Waals surface area contributed by atoms with Crippen LogP contribution in [-0.2, 0) is 14.1 Å². The second kappa shape index (κ2) is 4.19. The molecule has 0 aliphatic rings. The summed E-state index contributed by atoms with van der Waals surface area (Å²) in [6, 6.07) is 10.6. The summed E-state index contributed by atoms with van der Waals surface area (Å²) in [5, 5.41) is 2.51. The predicted octanol–water partition coefficient (Wildman–Crippen LogP) is 2.65. The van der Waals surface area contributed by atoms with Crippen LogP contribution in [0.4, 0.5) is 0 Å². The highest BCUT2D eigenvalue weighted by Crippen LogP contribution is 2.31. The van der Waals surface area contributed by atoms with Gasteiger partial charge in [0.1, 0.15) is 11.0 Å². The van der Waals surface area contributed by atoms with Gasteiger partial charge in [0.25, 0.3) is 0 Å². The Morgan fingerprint density at radius 1 is 1.10 bits per heavy atom. The van der Waals surface area contributed by atoms with Gasteiger partial charge in [0.15, 0.2) is 0 Å². The number of imidazole rings is 1. The predicted molar refractivity (Wildman–Crippen MR) is 83.5 cm³/mol. The maximum atomic E-state index is 4.49. The number of benzene rings is 1. The second-order valence-electron chi connectivity index (χ2n) is 5.47. The molecule has 0 unspecified atom stereocenters. The number of pyridine rings is 1. The van der Waals surface area contributed by atoms with Gasteiger partial charge >= 0.3 is 5.95 Å². The Morgan fingerprint density at radius 3 is 2.67 bits per heavy atom. The highest BCUT2D eigenvalue weighted by Gasteiger charge is 2.23. The van der Waals surface area contributed by atoms with Gasteiger partial charge < -0.3 is 0 Å². The van der Waals surface area contributed by atoms with Crippen molar-refractivity contribution in [2.45, 2.75) is 6.92 Å². The molecule has 21 heavy (non-hydrogen) atoms. The van der Waals surface area contributed by atoms with Crippen LogP contribution in [0.25, 0.3) is 27.8 Å². The number of hydrogen-bond acceptors (Lipinski definition) is 1. The summed E-state index contributed by atoms with van der Waals surface area (Å²) in [6.07, 6.45) is 6.03. The zero-order chi connectivity index (χ0) is 14.6. The Bertz CT molecular complexity index is 956. The summed E-state index contributed by atoms with van der Waals surface area (Å²) in [7, 11) is 4.14. The first-order chi connectivity index (χ1) is 10.2. The van der Waals surface area contributed by atoms with E-state index in [0.29, 0.717) is 0 Å². The van der Waals surface area contributed by atoms with Crippen LogP contribution in [0.15, 0.2) is 48.9 Å². The maximum absolute atomic E-state index is 4.49. The van der Waals surface area contributed by atoms with Crippen LogP contribution in [0.2, 0.25) is 0 Å². The van der Waals surface area contributed by atoms with Crippen LogP contribution >= 0.6 is 0 Å². The molecular formula is C17H17N4+. The molecule has 0 aliphatic heterocycles. The number of nitrogens with zero attached hydrogens (tertiary/aromatic N) is 4. The maximum Gasteiger partial charge on any atom is 0.369 e.